The third-order valence-electron chi connectivity index (χ3n) is 4.96. The molecule has 140 valence electrons. The molecule has 0 unspecified atom stereocenters. The Kier molecular flexibility index (Phi) is 4.33. The van der Waals surface area contributed by atoms with Crippen molar-refractivity contribution in [1.82, 2.24) is 19.5 Å². The quantitative estimate of drug-likeness (QED) is 0.686. The van der Waals surface area contributed by atoms with Gasteiger partial charge < -0.3 is 4.90 Å². The standard InChI is InChI=1S/C19H17F3N4O/c20-19(21,22)15-4-2-1-3-14(15)13-7-10-25(11-8-13)18(27)16-5-6-17-23-9-12-26(17)24-16/h1-6,9,12-13H,7-8,10-11H2. The lowest BCUT2D eigenvalue weighted by atomic mass is 9.86. The second-order valence-corrected chi connectivity index (χ2v) is 6.60. The zero-order valence-electron chi connectivity index (χ0n) is 14.4. The van der Waals surface area contributed by atoms with E-state index in [4.69, 9.17) is 0 Å². The lowest BCUT2D eigenvalue weighted by molar-refractivity contribution is -0.138. The van der Waals surface area contributed by atoms with E-state index in [9.17, 15) is 18.0 Å². The molecule has 27 heavy (non-hydrogen) atoms. The Balaban J connectivity index is 1.48. The van der Waals surface area contributed by atoms with E-state index in [2.05, 4.69) is 10.1 Å². The van der Waals surface area contributed by atoms with Gasteiger partial charge in [-0.25, -0.2) is 9.50 Å². The average molecular weight is 374 g/mol. The molecule has 0 N–H and O–H groups in total. The lowest BCUT2D eigenvalue weighted by Gasteiger charge is -2.33. The molecule has 0 aliphatic carbocycles. The van der Waals surface area contributed by atoms with Crippen molar-refractivity contribution in [2.24, 2.45) is 0 Å². The molecule has 1 aliphatic heterocycles. The molecule has 3 heterocycles. The van der Waals surface area contributed by atoms with Crippen molar-refractivity contribution in [1.29, 1.82) is 0 Å². The first kappa shape index (κ1) is 17.5. The molecule has 1 amide bonds. The molecular formula is C19H17F3N4O. The van der Waals surface area contributed by atoms with E-state index in [0.717, 1.165) is 6.07 Å². The number of halogens is 3. The Bertz CT molecular complexity index is 974. The number of hydrogen-bond donors (Lipinski definition) is 0. The van der Waals surface area contributed by atoms with Crippen LogP contribution < -0.4 is 0 Å². The van der Waals surface area contributed by atoms with Gasteiger partial charge in [0.2, 0.25) is 0 Å². The number of piperidine rings is 1. The zero-order chi connectivity index (χ0) is 19.0. The Labute approximate surface area is 153 Å². The largest absolute Gasteiger partial charge is 0.416 e. The van der Waals surface area contributed by atoms with E-state index in [0.29, 0.717) is 42.8 Å². The summed E-state index contributed by atoms with van der Waals surface area (Å²) in [7, 11) is 0. The molecule has 4 rings (SSSR count). The van der Waals surface area contributed by atoms with Gasteiger partial charge in [-0.2, -0.15) is 18.3 Å². The molecule has 0 atom stereocenters. The van der Waals surface area contributed by atoms with Gasteiger partial charge in [0.15, 0.2) is 5.65 Å². The van der Waals surface area contributed by atoms with E-state index in [-0.39, 0.29) is 11.8 Å². The van der Waals surface area contributed by atoms with Gasteiger partial charge in [-0.15, -0.1) is 0 Å². The van der Waals surface area contributed by atoms with Crippen LogP contribution in [0.15, 0.2) is 48.8 Å². The molecule has 0 spiro atoms. The highest BCUT2D eigenvalue weighted by Gasteiger charge is 2.36. The minimum atomic E-state index is -4.37. The maximum Gasteiger partial charge on any atom is 0.416 e. The number of carbonyl (C=O) groups is 1. The third kappa shape index (κ3) is 3.39. The van der Waals surface area contributed by atoms with Crippen LogP contribution in [0.1, 0.15) is 40.4 Å². The number of imidazole rings is 1. The molecule has 2 aromatic heterocycles. The zero-order valence-corrected chi connectivity index (χ0v) is 14.4. The molecule has 3 aromatic rings. The summed E-state index contributed by atoms with van der Waals surface area (Å²) in [4.78, 5) is 18.4. The molecule has 1 saturated heterocycles. The first-order valence-corrected chi connectivity index (χ1v) is 8.69. The van der Waals surface area contributed by atoms with Gasteiger partial charge in [0.05, 0.1) is 5.56 Å². The first-order valence-electron chi connectivity index (χ1n) is 8.69. The number of alkyl halides is 3. The van der Waals surface area contributed by atoms with Crippen LogP contribution in [0.2, 0.25) is 0 Å². The third-order valence-corrected chi connectivity index (χ3v) is 4.96. The number of nitrogens with zero attached hydrogens (tertiary/aromatic N) is 4. The second-order valence-electron chi connectivity index (χ2n) is 6.60. The number of likely N-dealkylation sites (tertiary alicyclic amines) is 1. The number of rotatable bonds is 2. The van der Waals surface area contributed by atoms with Gasteiger partial charge in [0.1, 0.15) is 5.69 Å². The van der Waals surface area contributed by atoms with Gasteiger partial charge >= 0.3 is 6.18 Å². The van der Waals surface area contributed by atoms with E-state index in [1.54, 1.807) is 41.6 Å². The van der Waals surface area contributed by atoms with Crippen LogP contribution >= 0.6 is 0 Å². The summed E-state index contributed by atoms with van der Waals surface area (Å²) in [6.07, 6.45) is -0.126. The number of hydrogen-bond acceptors (Lipinski definition) is 3. The van der Waals surface area contributed by atoms with Crippen molar-refractivity contribution in [2.75, 3.05) is 13.1 Å². The molecule has 0 bridgehead atoms. The number of amides is 1. The Morgan fingerprint density at radius 1 is 1.07 bits per heavy atom. The van der Waals surface area contributed by atoms with Gasteiger partial charge in [0, 0.05) is 25.5 Å². The van der Waals surface area contributed by atoms with Crippen molar-refractivity contribution < 1.29 is 18.0 Å². The van der Waals surface area contributed by atoms with E-state index in [1.807, 2.05) is 0 Å². The summed E-state index contributed by atoms with van der Waals surface area (Å²) in [5, 5.41) is 4.25. The molecule has 1 aromatic carbocycles. The highest BCUT2D eigenvalue weighted by molar-refractivity contribution is 5.92. The summed E-state index contributed by atoms with van der Waals surface area (Å²) in [5.74, 6) is -0.427. The van der Waals surface area contributed by atoms with Gasteiger partial charge in [0.25, 0.3) is 5.91 Å². The number of benzene rings is 1. The van der Waals surface area contributed by atoms with E-state index < -0.39 is 11.7 Å². The van der Waals surface area contributed by atoms with Gasteiger partial charge in [-0.3, -0.25) is 4.79 Å². The minimum Gasteiger partial charge on any atom is -0.337 e. The smallest absolute Gasteiger partial charge is 0.337 e. The monoisotopic (exact) mass is 374 g/mol. The summed E-state index contributed by atoms with van der Waals surface area (Å²) in [5.41, 5.74) is 0.681. The average Bonchev–Trinajstić information content (AvgIpc) is 3.15. The first-order chi connectivity index (χ1) is 12.9. The number of fused-ring (bicyclic) bond motifs is 1. The van der Waals surface area contributed by atoms with Gasteiger partial charge in [-0.05, 0) is 42.5 Å². The van der Waals surface area contributed by atoms with Crippen LogP contribution in [0.4, 0.5) is 13.2 Å². The van der Waals surface area contributed by atoms with E-state index >= 15 is 0 Å². The predicted molar refractivity (Wildman–Crippen MR) is 92.3 cm³/mol. The lowest BCUT2D eigenvalue weighted by Crippen LogP contribution is -2.38. The molecule has 1 aliphatic rings. The van der Waals surface area contributed by atoms with Crippen molar-refractivity contribution in [3.8, 4) is 0 Å². The molecular weight excluding hydrogens is 357 g/mol. The Morgan fingerprint density at radius 3 is 2.56 bits per heavy atom. The molecule has 1 fully saturated rings. The minimum absolute atomic E-state index is 0.212. The summed E-state index contributed by atoms with van der Waals surface area (Å²) in [6, 6.07) is 9.04. The van der Waals surface area contributed by atoms with Crippen molar-refractivity contribution in [3.05, 3.63) is 65.6 Å². The van der Waals surface area contributed by atoms with E-state index in [1.165, 1.54) is 10.6 Å². The molecule has 0 saturated carbocycles. The van der Waals surface area contributed by atoms with Crippen LogP contribution in [-0.2, 0) is 6.18 Å². The maximum absolute atomic E-state index is 13.3. The second kappa shape index (κ2) is 6.68. The number of aromatic nitrogens is 3. The molecule has 8 heteroatoms. The van der Waals surface area contributed by atoms with Crippen LogP contribution in [0.5, 0.6) is 0 Å². The topological polar surface area (TPSA) is 50.5 Å². The highest BCUT2D eigenvalue weighted by Crippen LogP contribution is 2.38. The fraction of sp³-hybridized carbons (Fsp3) is 0.316. The Hall–Kier alpha value is -2.90. The fourth-order valence-electron chi connectivity index (χ4n) is 3.60. The maximum atomic E-state index is 13.3. The van der Waals surface area contributed by atoms with Crippen molar-refractivity contribution in [3.63, 3.8) is 0 Å². The SMILES string of the molecule is O=C(c1ccc2nccn2n1)N1CCC(c2ccccc2C(F)(F)F)CC1. The summed E-state index contributed by atoms with van der Waals surface area (Å²) in [6.45, 7) is 0.804. The normalized spacial score (nSPS) is 16.0. The van der Waals surface area contributed by atoms with Crippen molar-refractivity contribution in [2.45, 2.75) is 24.9 Å². The highest BCUT2D eigenvalue weighted by atomic mass is 19.4. The summed E-state index contributed by atoms with van der Waals surface area (Å²) >= 11 is 0. The fourth-order valence-corrected chi connectivity index (χ4v) is 3.60. The number of carbonyl (C=O) groups excluding carboxylic acids is 1. The van der Waals surface area contributed by atoms with Crippen LogP contribution in [0.25, 0.3) is 5.65 Å². The summed E-state index contributed by atoms with van der Waals surface area (Å²) < 4.78 is 41.3. The predicted octanol–water partition coefficient (Wildman–Crippen LogP) is 3.77. The Morgan fingerprint density at radius 2 is 1.81 bits per heavy atom. The van der Waals surface area contributed by atoms with Crippen LogP contribution in [0.3, 0.4) is 0 Å². The molecule has 0 radical (unpaired) electrons. The van der Waals surface area contributed by atoms with Crippen LogP contribution in [-0.4, -0.2) is 38.5 Å². The van der Waals surface area contributed by atoms with Crippen molar-refractivity contribution >= 4 is 11.6 Å². The molecule has 5 nitrogen and oxygen atoms in total. The van der Waals surface area contributed by atoms with Crippen LogP contribution in [0, 0.1) is 0 Å². The van der Waals surface area contributed by atoms with Gasteiger partial charge in [-0.1, -0.05) is 18.2 Å².